The molecule has 0 aliphatic carbocycles. The molecule has 0 amide bonds. The minimum atomic E-state index is 0.585. The standard InChI is InChI=1S/C17H36N2O/c1-6-16(7-2)19(11-14(4)5)12-17(18-8-3)15-9-10-20-13-15/h14-18H,6-13H2,1-5H3. The Morgan fingerprint density at radius 1 is 1.15 bits per heavy atom. The summed E-state index contributed by atoms with van der Waals surface area (Å²) in [5, 5.41) is 3.71. The van der Waals surface area contributed by atoms with Gasteiger partial charge in [0.2, 0.25) is 0 Å². The maximum Gasteiger partial charge on any atom is 0.0510 e. The third-order valence-corrected chi connectivity index (χ3v) is 4.49. The Morgan fingerprint density at radius 3 is 2.30 bits per heavy atom. The minimum Gasteiger partial charge on any atom is -0.381 e. The molecule has 0 saturated carbocycles. The molecule has 1 saturated heterocycles. The Morgan fingerprint density at radius 2 is 1.85 bits per heavy atom. The highest BCUT2D eigenvalue weighted by molar-refractivity contribution is 4.84. The molecule has 2 unspecified atom stereocenters. The van der Waals surface area contributed by atoms with Crippen LogP contribution >= 0.6 is 0 Å². The second-order valence-electron chi connectivity index (χ2n) is 6.61. The van der Waals surface area contributed by atoms with E-state index < -0.39 is 0 Å². The fraction of sp³-hybridized carbons (Fsp3) is 1.00. The van der Waals surface area contributed by atoms with Crippen LogP contribution < -0.4 is 5.32 Å². The zero-order chi connectivity index (χ0) is 15.0. The summed E-state index contributed by atoms with van der Waals surface area (Å²) in [5.41, 5.74) is 0. The van der Waals surface area contributed by atoms with Gasteiger partial charge in [-0.1, -0.05) is 34.6 Å². The minimum absolute atomic E-state index is 0.585. The molecule has 1 rings (SSSR count). The topological polar surface area (TPSA) is 24.5 Å². The predicted molar refractivity (Wildman–Crippen MR) is 87.2 cm³/mol. The molecule has 0 aromatic carbocycles. The fourth-order valence-electron chi connectivity index (χ4n) is 3.41. The number of hydrogen-bond donors (Lipinski definition) is 1. The second kappa shape index (κ2) is 9.75. The largest absolute Gasteiger partial charge is 0.381 e. The molecule has 0 aromatic rings. The van der Waals surface area contributed by atoms with Crippen molar-refractivity contribution in [2.45, 2.75) is 66.0 Å². The molecule has 0 spiro atoms. The van der Waals surface area contributed by atoms with E-state index in [0.717, 1.165) is 31.7 Å². The molecule has 0 aromatic heterocycles. The molecule has 1 heterocycles. The number of nitrogens with zero attached hydrogens (tertiary/aromatic N) is 1. The van der Waals surface area contributed by atoms with Crippen molar-refractivity contribution in [2.24, 2.45) is 11.8 Å². The molecular weight excluding hydrogens is 248 g/mol. The van der Waals surface area contributed by atoms with Crippen LogP contribution in [0.5, 0.6) is 0 Å². The van der Waals surface area contributed by atoms with Crippen molar-refractivity contribution in [1.29, 1.82) is 0 Å². The van der Waals surface area contributed by atoms with Gasteiger partial charge in [0.25, 0.3) is 0 Å². The zero-order valence-corrected chi connectivity index (χ0v) is 14.3. The molecule has 120 valence electrons. The van der Waals surface area contributed by atoms with Gasteiger partial charge in [0.1, 0.15) is 0 Å². The van der Waals surface area contributed by atoms with Crippen molar-refractivity contribution in [2.75, 3.05) is 32.8 Å². The van der Waals surface area contributed by atoms with Crippen LogP contribution in [0.15, 0.2) is 0 Å². The summed E-state index contributed by atoms with van der Waals surface area (Å²) in [7, 11) is 0. The lowest BCUT2D eigenvalue weighted by Gasteiger charge is -2.36. The number of hydrogen-bond acceptors (Lipinski definition) is 3. The number of rotatable bonds is 10. The molecule has 1 aliphatic heterocycles. The lowest BCUT2D eigenvalue weighted by Crippen LogP contribution is -2.49. The van der Waals surface area contributed by atoms with Crippen LogP contribution in [0.2, 0.25) is 0 Å². The lowest BCUT2D eigenvalue weighted by molar-refractivity contribution is 0.123. The summed E-state index contributed by atoms with van der Waals surface area (Å²) in [4.78, 5) is 2.72. The van der Waals surface area contributed by atoms with E-state index in [1.54, 1.807) is 0 Å². The molecule has 20 heavy (non-hydrogen) atoms. The normalized spacial score (nSPS) is 21.3. The smallest absolute Gasteiger partial charge is 0.0510 e. The highest BCUT2D eigenvalue weighted by Crippen LogP contribution is 2.20. The van der Waals surface area contributed by atoms with Gasteiger partial charge in [-0.2, -0.15) is 0 Å². The molecule has 3 nitrogen and oxygen atoms in total. The first-order valence-electron chi connectivity index (χ1n) is 8.67. The Kier molecular flexibility index (Phi) is 8.74. The van der Waals surface area contributed by atoms with Gasteiger partial charge in [-0.3, -0.25) is 4.90 Å². The molecule has 1 N–H and O–H groups in total. The summed E-state index contributed by atoms with van der Waals surface area (Å²) >= 11 is 0. The van der Waals surface area contributed by atoms with Crippen LogP contribution in [0.4, 0.5) is 0 Å². The van der Waals surface area contributed by atoms with Crippen LogP contribution in [0.3, 0.4) is 0 Å². The van der Waals surface area contributed by atoms with Gasteiger partial charge in [0.15, 0.2) is 0 Å². The van der Waals surface area contributed by atoms with Gasteiger partial charge >= 0.3 is 0 Å². The molecule has 2 atom stereocenters. The summed E-state index contributed by atoms with van der Waals surface area (Å²) in [6.07, 6.45) is 3.72. The average molecular weight is 284 g/mol. The Hall–Kier alpha value is -0.120. The maximum atomic E-state index is 5.60. The lowest BCUT2D eigenvalue weighted by atomic mass is 9.96. The van der Waals surface area contributed by atoms with E-state index in [1.165, 1.54) is 32.4 Å². The Labute approximate surface area is 126 Å². The quantitative estimate of drug-likeness (QED) is 0.667. The van der Waals surface area contributed by atoms with Crippen molar-refractivity contribution in [3.05, 3.63) is 0 Å². The van der Waals surface area contributed by atoms with Crippen molar-refractivity contribution in [1.82, 2.24) is 10.2 Å². The van der Waals surface area contributed by atoms with Crippen LogP contribution in [0.1, 0.15) is 53.9 Å². The zero-order valence-electron chi connectivity index (χ0n) is 14.3. The first-order valence-corrected chi connectivity index (χ1v) is 8.67. The third-order valence-electron chi connectivity index (χ3n) is 4.49. The summed E-state index contributed by atoms with van der Waals surface area (Å²) in [6, 6.07) is 1.31. The Bertz CT molecular complexity index is 235. The number of likely N-dealkylation sites (N-methyl/N-ethyl adjacent to an activating group) is 1. The van der Waals surface area contributed by atoms with Crippen LogP contribution in [-0.2, 0) is 4.74 Å². The molecule has 1 aliphatic rings. The van der Waals surface area contributed by atoms with Crippen LogP contribution in [0, 0.1) is 11.8 Å². The second-order valence-corrected chi connectivity index (χ2v) is 6.61. The van der Waals surface area contributed by atoms with E-state index in [9.17, 15) is 0 Å². The summed E-state index contributed by atoms with van der Waals surface area (Å²) < 4.78 is 5.60. The summed E-state index contributed by atoms with van der Waals surface area (Å²) in [6.45, 7) is 16.8. The monoisotopic (exact) mass is 284 g/mol. The predicted octanol–water partition coefficient (Wildman–Crippen LogP) is 3.15. The van der Waals surface area contributed by atoms with Gasteiger partial charge < -0.3 is 10.1 Å². The molecule has 0 radical (unpaired) electrons. The van der Waals surface area contributed by atoms with Crippen molar-refractivity contribution < 1.29 is 4.74 Å². The van der Waals surface area contributed by atoms with Gasteiger partial charge in [-0.15, -0.1) is 0 Å². The molecule has 0 bridgehead atoms. The van der Waals surface area contributed by atoms with Gasteiger partial charge in [0, 0.05) is 37.7 Å². The first kappa shape index (κ1) is 17.9. The van der Waals surface area contributed by atoms with E-state index in [1.807, 2.05) is 0 Å². The first-order chi connectivity index (χ1) is 9.62. The highest BCUT2D eigenvalue weighted by Gasteiger charge is 2.28. The van der Waals surface area contributed by atoms with E-state index in [0.29, 0.717) is 12.0 Å². The van der Waals surface area contributed by atoms with Gasteiger partial charge in [0.05, 0.1) is 6.61 Å². The van der Waals surface area contributed by atoms with Crippen LogP contribution in [0.25, 0.3) is 0 Å². The Balaban J connectivity index is 2.66. The van der Waals surface area contributed by atoms with E-state index >= 15 is 0 Å². The van der Waals surface area contributed by atoms with Gasteiger partial charge in [-0.05, 0) is 31.7 Å². The SMILES string of the molecule is CCNC(CN(CC(C)C)C(CC)CC)C1CCOC1. The number of nitrogens with one attached hydrogen (secondary N) is 1. The number of ether oxygens (including phenoxy) is 1. The maximum absolute atomic E-state index is 5.60. The van der Waals surface area contributed by atoms with Gasteiger partial charge in [-0.25, -0.2) is 0 Å². The van der Waals surface area contributed by atoms with Crippen LogP contribution in [-0.4, -0.2) is 49.8 Å². The third kappa shape index (κ3) is 5.71. The molecule has 1 fully saturated rings. The average Bonchev–Trinajstić information content (AvgIpc) is 2.92. The highest BCUT2D eigenvalue weighted by atomic mass is 16.5. The van der Waals surface area contributed by atoms with E-state index in [-0.39, 0.29) is 0 Å². The fourth-order valence-corrected chi connectivity index (χ4v) is 3.41. The summed E-state index contributed by atoms with van der Waals surface area (Å²) in [5.74, 6) is 1.43. The van der Waals surface area contributed by atoms with E-state index in [4.69, 9.17) is 4.74 Å². The molecule has 3 heteroatoms. The van der Waals surface area contributed by atoms with Crippen molar-refractivity contribution in [3.63, 3.8) is 0 Å². The molecular formula is C17H36N2O. The van der Waals surface area contributed by atoms with Crippen molar-refractivity contribution in [3.8, 4) is 0 Å². The van der Waals surface area contributed by atoms with E-state index in [2.05, 4.69) is 44.8 Å². The van der Waals surface area contributed by atoms with Crippen molar-refractivity contribution >= 4 is 0 Å².